The lowest BCUT2D eigenvalue weighted by Gasteiger charge is -2.03. The van der Waals surface area contributed by atoms with Gasteiger partial charge in [-0.3, -0.25) is 4.40 Å². The lowest BCUT2D eigenvalue weighted by molar-refractivity contribution is 0.0600. The molecule has 0 spiro atoms. The van der Waals surface area contributed by atoms with Gasteiger partial charge in [0.05, 0.1) is 12.7 Å². The van der Waals surface area contributed by atoms with Gasteiger partial charge in [-0.15, -0.1) is 10.2 Å². The molecule has 3 aromatic rings. The number of hydrogen-bond donors (Lipinski definition) is 0. The van der Waals surface area contributed by atoms with Gasteiger partial charge in [-0.25, -0.2) is 4.79 Å². The first-order valence-corrected chi connectivity index (χ1v) is 7.13. The summed E-state index contributed by atoms with van der Waals surface area (Å²) in [6.45, 7) is 0. The third kappa shape index (κ3) is 2.80. The molecule has 106 valence electrons. The Bertz CT molecular complexity index is 796. The summed E-state index contributed by atoms with van der Waals surface area (Å²) < 4.78 is 7.58. The molecule has 0 radical (unpaired) electrons. The molecule has 0 aliphatic carbocycles. The van der Waals surface area contributed by atoms with Gasteiger partial charge in [-0.2, -0.15) is 0 Å². The van der Waals surface area contributed by atoms with Crippen LogP contribution >= 0.6 is 15.9 Å². The molecule has 0 amide bonds. The van der Waals surface area contributed by atoms with Gasteiger partial charge >= 0.3 is 5.97 Å². The Hall–Kier alpha value is -2.21. The number of carbonyl (C=O) groups is 1. The number of aromatic nitrogens is 3. The molecule has 6 heteroatoms. The van der Waals surface area contributed by atoms with Crippen molar-refractivity contribution in [3.05, 3.63) is 64.0 Å². The van der Waals surface area contributed by atoms with Crippen LogP contribution in [0.4, 0.5) is 0 Å². The van der Waals surface area contributed by atoms with Crippen LogP contribution < -0.4 is 0 Å². The van der Waals surface area contributed by atoms with Crippen molar-refractivity contribution in [2.24, 2.45) is 0 Å². The number of benzene rings is 1. The lowest BCUT2D eigenvalue weighted by Crippen LogP contribution is -2.04. The fourth-order valence-electron chi connectivity index (χ4n) is 2.08. The zero-order chi connectivity index (χ0) is 14.8. The molecule has 0 unspecified atom stereocenters. The number of ether oxygens (including phenoxy) is 1. The fourth-order valence-corrected chi connectivity index (χ4v) is 2.35. The summed E-state index contributed by atoms with van der Waals surface area (Å²) in [5.41, 5.74) is 2.30. The number of carbonyl (C=O) groups excluding carboxylic acids is 1. The molecule has 0 aliphatic heterocycles. The predicted octanol–water partition coefficient (Wildman–Crippen LogP) is 2.87. The van der Waals surface area contributed by atoms with Crippen molar-refractivity contribution in [2.75, 3.05) is 7.11 Å². The van der Waals surface area contributed by atoms with Crippen molar-refractivity contribution >= 4 is 27.5 Å². The van der Waals surface area contributed by atoms with Crippen LogP contribution in [0.1, 0.15) is 21.7 Å². The molecule has 0 bridgehead atoms. The highest BCUT2D eigenvalue weighted by Gasteiger charge is 2.11. The molecular weight excluding hydrogens is 334 g/mol. The maximum absolute atomic E-state index is 11.6. The molecule has 21 heavy (non-hydrogen) atoms. The molecule has 0 fully saturated rings. The van der Waals surface area contributed by atoms with E-state index in [0.717, 1.165) is 15.9 Å². The highest BCUT2D eigenvalue weighted by molar-refractivity contribution is 9.10. The van der Waals surface area contributed by atoms with Crippen molar-refractivity contribution in [3.63, 3.8) is 0 Å². The highest BCUT2D eigenvalue weighted by Crippen LogP contribution is 2.15. The Morgan fingerprint density at radius 1 is 1.19 bits per heavy atom. The SMILES string of the molecule is COC(=O)c1ccc2nnc(Cc3ccc(Br)cc3)n2c1. The first-order valence-electron chi connectivity index (χ1n) is 6.34. The minimum atomic E-state index is -0.375. The molecule has 2 heterocycles. The Kier molecular flexibility index (Phi) is 3.70. The van der Waals surface area contributed by atoms with Crippen LogP contribution in [-0.2, 0) is 11.2 Å². The van der Waals surface area contributed by atoms with Crippen LogP contribution in [0.15, 0.2) is 47.1 Å². The van der Waals surface area contributed by atoms with Gasteiger partial charge in [-0.1, -0.05) is 28.1 Å². The van der Waals surface area contributed by atoms with E-state index in [1.807, 2.05) is 28.7 Å². The summed E-state index contributed by atoms with van der Waals surface area (Å²) in [6.07, 6.45) is 2.34. The van der Waals surface area contributed by atoms with Crippen LogP contribution in [-0.4, -0.2) is 27.7 Å². The number of nitrogens with zero attached hydrogens (tertiary/aromatic N) is 3. The first-order chi connectivity index (χ1) is 10.2. The molecule has 2 aromatic heterocycles. The standard InChI is InChI=1S/C15H12BrN3O2/c1-21-15(20)11-4-7-13-17-18-14(19(13)9-11)8-10-2-5-12(16)6-3-10/h2-7,9H,8H2,1H3. The van der Waals surface area contributed by atoms with Gasteiger partial charge in [0.15, 0.2) is 5.65 Å². The van der Waals surface area contributed by atoms with E-state index in [2.05, 4.69) is 26.1 Å². The molecule has 0 atom stereocenters. The lowest BCUT2D eigenvalue weighted by atomic mass is 10.1. The Morgan fingerprint density at radius 2 is 1.95 bits per heavy atom. The van der Waals surface area contributed by atoms with Gasteiger partial charge in [-0.05, 0) is 29.8 Å². The molecule has 0 aliphatic rings. The summed E-state index contributed by atoms with van der Waals surface area (Å²) in [4.78, 5) is 11.6. The van der Waals surface area contributed by atoms with Crippen LogP contribution in [0, 0.1) is 0 Å². The van der Waals surface area contributed by atoms with E-state index in [1.54, 1.807) is 18.3 Å². The summed E-state index contributed by atoms with van der Waals surface area (Å²) in [5, 5.41) is 8.30. The van der Waals surface area contributed by atoms with Crippen LogP contribution in [0.3, 0.4) is 0 Å². The van der Waals surface area contributed by atoms with Crippen molar-refractivity contribution < 1.29 is 9.53 Å². The smallest absolute Gasteiger partial charge is 0.339 e. The van der Waals surface area contributed by atoms with Crippen LogP contribution in [0.25, 0.3) is 5.65 Å². The monoisotopic (exact) mass is 345 g/mol. The number of rotatable bonds is 3. The number of pyridine rings is 1. The number of hydrogen-bond acceptors (Lipinski definition) is 4. The number of esters is 1. The zero-order valence-corrected chi connectivity index (χ0v) is 12.9. The Labute approximate surface area is 129 Å². The van der Waals surface area contributed by atoms with Gasteiger partial charge in [0.2, 0.25) is 0 Å². The van der Waals surface area contributed by atoms with Crippen molar-refractivity contribution in [1.82, 2.24) is 14.6 Å². The number of methoxy groups -OCH3 is 1. The fraction of sp³-hybridized carbons (Fsp3) is 0.133. The summed E-state index contributed by atoms with van der Waals surface area (Å²) in [7, 11) is 1.36. The maximum Gasteiger partial charge on any atom is 0.339 e. The molecule has 0 saturated heterocycles. The van der Waals surface area contributed by atoms with Crippen molar-refractivity contribution in [3.8, 4) is 0 Å². The normalized spacial score (nSPS) is 10.8. The summed E-state index contributed by atoms with van der Waals surface area (Å²) in [6, 6.07) is 11.4. The second-order valence-corrected chi connectivity index (χ2v) is 5.47. The second kappa shape index (κ2) is 5.65. The predicted molar refractivity (Wildman–Crippen MR) is 81.3 cm³/mol. The Morgan fingerprint density at radius 3 is 2.67 bits per heavy atom. The highest BCUT2D eigenvalue weighted by atomic mass is 79.9. The van der Waals surface area contributed by atoms with Gasteiger partial charge in [0, 0.05) is 17.1 Å². The minimum Gasteiger partial charge on any atom is -0.465 e. The molecule has 1 aromatic carbocycles. The molecule has 0 N–H and O–H groups in total. The van der Waals surface area contributed by atoms with Crippen LogP contribution in [0.2, 0.25) is 0 Å². The van der Waals surface area contributed by atoms with Crippen molar-refractivity contribution in [1.29, 1.82) is 0 Å². The van der Waals surface area contributed by atoms with E-state index in [1.165, 1.54) is 7.11 Å². The average molecular weight is 346 g/mol. The minimum absolute atomic E-state index is 0.375. The maximum atomic E-state index is 11.6. The molecule has 3 rings (SSSR count). The van der Waals surface area contributed by atoms with Crippen LogP contribution in [0.5, 0.6) is 0 Å². The van der Waals surface area contributed by atoms with E-state index < -0.39 is 0 Å². The first kappa shape index (κ1) is 13.8. The topological polar surface area (TPSA) is 56.5 Å². The van der Waals surface area contributed by atoms with E-state index in [9.17, 15) is 4.79 Å². The van der Waals surface area contributed by atoms with E-state index in [0.29, 0.717) is 17.6 Å². The number of halogens is 1. The summed E-state index contributed by atoms with van der Waals surface area (Å²) in [5.74, 6) is 0.401. The molecule has 0 saturated carbocycles. The average Bonchev–Trinajstić information content (AvgIpc) is 2.91. The quantitative estimate of drug-likeness (QED) is 0.685. The third-order valence-corrected chi connectivity index (χ3v) is 3.70. The van der Waals surface area contributed by atoms with Gasteiger partial charge in [0.25, 0.3) is 0 Å². The largest absolute Gasteiger partial charge is 0.465 e. The van der Waals surface area contributed by atoms with Crippen molar-refractivity contribution in [2.45, 2.75) is 6.42 Å². The number of fused-ring (bicyclic) bond motifs is 1. The van der Waals surface area contributed by atoms with E-state index in [4.69, 9.17) is 4.74 Å². The zero-order valence-electron chi connectivity index (χ0n) is 11.3. The van der Waals surface area contributed by atoms with Gasteiger partial charge in [0.1, 0.15) is 5.82 Å². The van der Waals surface area contributed by atoms with Gasteiger partial charge < -0.3 is 4.74 Å². The molecule has 5 nitrogen and oxygen atoms in total. The Balaban J connectivity index is 1.98. The van der Waals surface area contributed by atoms with E-state index in [-0.39, 0.29) is 5.97 Å². The second-order valence-electron chi connectivity index (χ2n) is 4.56. The third-order valence-electron chi connectivity index (χ3n) is 3.17. The van der Waals surface area contributed by atoms with E-state index >= 15 is 0 Å². The molecular formula is C15H12BrN3O2. The summed E-state index contributed by atoms with van der Waals surface area (Å²) >= 11 is 3.41.